The van der Waals surface area contributed by atoms with Gasteiger partial charge in [-0.25, -0.2) is 4.39 Å². The molecule has 0 aromatic heterocycles. The lowest BCUT2D eigenvalue weighted by atomic mass is 10.1. The Labute approximate surface area is 142 Å². The van der Waals surface area contributed by atoms with E-state index >= 15 is 0 Å². The van der Waals surface area contributed by atoms with E-state index in [0.717, 1.165) is 19.3 Å². The third-order valence-corrected chi connectivity index (χ3v) is 3.70. The van der Waals surface area contributed by atoms with Crippen molar-refractivity contribution in [3.8, 4) is 5.75 Å². The van der Waals surface area contributed by atoms with Gasteiger partial charge in [-0.05, 0) is 56.0 Å². The summed E-state index contributed by atoms with van der Waals surface area (Å²) in [6.07, 6.45) is 2.98. The molecule has 24 heavy (non-hydrogen) atoms. The Kier molecular flexibility index (Phi) is 7.27. The minimum absolute atomic E-state index is 0.0796. The Morgan fingerprint density at radius 2 is 1.92 bits per heavy atom. The summed E-state index contributed by atoms with van der Waals surface area (Å²) >= 11 is 0. The first-order chi connectivity index (χ1) is 11.6. The Morgan fingerprint density at radius 1 is 1.12 bits per heavy atom. The van der Waals surface area contributed by atoms with E-state index in [2.05, 4.69) is 24.4 Å². The number of carbonyl (C=O) groups is 1. The average molecular weight is 329 g/mol. The van der Waals surface area contributed by atoms with Crippen molar-refractivity contribution in [1.29, 1.82) is 0 Å². The van der Waals surface area contributed by atoms with Gasteiger partial charge < -0.3 is 10.1 Å². The molecule has 4 heteroatoms. The van der Waals surface area contributed by atoms with E-state index in [1.165, 1.54) is 23.3 Å². The van der Waals surface area contributed by atoms with Crippen molar-refractivity contribution in [1.82, 2.24) is 5.32 Å². The van der Waals surface area contributed by atoms with Crippen LogP contribution in [0.5, 0.6) is 5.75 Å². The maximum absolute atomic E-state index is 12.7. The van der Waals surface area contributed by atoms with Gasteiger partial charge in [0.1, 0.15) is 11.6 Å². The standard InChI is InChI=1S/C20H24FNO2/c1-16-5-4-6-17(15-16)7-12-20(23)22-13-2-3-14-24-19-10-8-18(21)9-11-19/h4-6,8-11,15H,2-3,7,12-14H2,1H3,(H,22,23). The number of benzene rings is 2. The van der Waals surface area contributed by atoms with Gasteiger partial charge in [0.25, 0.3) is 0 Å². The van der Waals surface area contributed by atoms with Crippen LogP contribution in [0, 0.1) is 12.7 Å². The Balaban J connectivity index is 1.52. The zero-order valence-corrected chi connectivity index (χ0v) is 14.1. The van der Waals surface area contributed by atoms with Crippen LogP contribution in [0.4, 0.5) is 4.39 Å². The molecule has 0 unspecified atom stereocenters. The average Bonchev–Trinajstić information content (AvgIpc) is 2.58. The summed E-state index contributed by atoms with van der Waals surface area (Å²) in [5.74, 6) is 0.477. The van der Waals surface area contributed by atoms with Crippen LogP contribution in [0.15, 0.2) is 48.5 Å². The van der Waals surface area contributed by atoms with Gasteiger partial charge in [-0.1, -0.05) is 29.8 Å². The summed E-state index contributed by atoms with van der Waals surface area (Å²) in [6.45, 7) is 3.27. The highest BCUT2D eigenvalue weighted by Crippen LogP contribution is 2.11. The number of unbranched alkanes of at least 4 members (excludes halogenated alkanes) is 1. The number of halogens is 1. The zero-order chi connectivity index (χ0) is 17.2. The topological polar surface area (TPSA) is 38.3 Å². The van der Waals surface area contributed by atoms with E-state index in [1.807, 2.05) is 12.1 Å². The molecule has 2 rings (SSSR count). The molecule has 3 nitrogen and oxygen atoms in total. The van der Waals surface area contributed by atoms with Crippen LogP contribution in [-0.2, 0) is 11.2 Å². The second-order valence-corrected chi connectivity index (χ2v) is 5.85. The molecular formula is C20H24FNO2. The number of carbonyl (C=O) groups excluding carboxylic acids is 1. The van der Waals surface area contributed by atoms with Crippen molar-refractivity contribution < 1.29 is 13.9 Å². The molecule has 0 atom stereocenters. The van der Waals surface area contributed by atoms with Gasteiger partial charge in [0.05, 0.1) is 6.61 Å². The van der Waals surface area contributed by atoms with Gasteiger partial charge in [0.15, 0.2) is 0 Å². The number of amides is 1. The van der Waals surface area contributed by atoms with Crippen molar-refractivity contribution >= 4 is 5.91 Å². The summed E-state index contributed by atoms with van der Waals surface area (Å²) in [4.78, 5) is 11.8. The predicted molar refractivity (Wildman–Crippen MR) is 93.6 cm³/mol. The van der Waals surface area contributed by atoms with E-state index in [-0.39, 0.29) is 11.7 Å². The third kappa shape index (κ3) is 6.82. The molecule has 0 aliphatic heterocycles. The molecule has 128 valence electrons. The van der Waals surface area contributed by atoms with Crippen LogP contribution in [-0.4, -0.2) is 19.1 Å². The summed E-state index contributed by atoms with van der Waals surface area (Å²) < 4.78 is 18.3. The van der Waals surface area contributed by atoms with Gasteiger partial charge in [0.2, 0.25) is 5.91 Å². The van der Waals surface area contributed by atoms with Crippen molar-refractivity contribution in [2.24, 2.45) is 0 Å². The lowest BCUT2D eigenvalue weighted by Crippen LogP contribution is -2.24. The van der Waals surface area contributed by atoms with Crippen LogP contribution in [0.1, 0.15) is 30.4 Å². The summed E-state index contributed by atoms with van der Waals surface area (Å²) in [5.41, 5.74) is 2.41. The maximum Gasteiger partial charge on any atom is 0.220 e. The number of aryl methyl sites for hydroxylation is 2. The molecule has 0 saturated carbocycles. The molecule has 0 bridgehead atoms. The fraction of sp³-hybridized carbons (Fsp3) is 0.350. The van der Waals surface area contributed by atoms with Gasteiger partial charge in [-0.2, -0.15) is 0 Å². The van der Waals surface area contributed by atoms with Gasteiger partial charge >= 0.3 is 0 Å². The minimum atomic E-state index is -0.268. The van der Waals surface area contributed by atoms with E-state index in [4.69, 9.17) is 4.74 Å². The highest BCUT2D eigenvalue weighted by Gasteiger charge is 2.02. The monoisotopic (exact) mass is 329 g/mol. The number of hydrogen-bond donors (Lipinski definition) is 1. The Bertz CT molecular complexity index is 640. The molecule has 0 fully saturated rings. The second kappa shape index (κ2) is 9.71. The predicted octanol–water partition coefficient (Wildman–Crippen LogP) is 4.04. The quantitative estimate of drug-likeness (QED) is 0.705. The fourth-order valence-corrected chi connectivity index (χ4v) is 2.39. The molecule has 0 heterocycles. The van der Waals surface area contributed by atoms with E-state index in [0.29, 0.717) is 25.3 Å². The fourth-order valence-electron chi connectivity index (χ4n) is 2.39. The van der Waals surface area contributed by atoms with Crippen molar-refractivity contribution in [3.63, 3.8) is 0 Å². The molecule has 1 N–H and O–H groups in total. The van der Waals surface area contributed by atoms with Crippen LogP contribution >= 0.6 is 0 Å². The Hall–Kier alpha value is -2.36. The third-order valence-electron chi connectivity index (χ3n) is 3.70. The molecule has 2 aromatic rings. The van der Waals surface area contributed by atoms with Crippen LogP contribution < -0.4 is 10.1 Å². The van der Waals surface area contributed by atoms with E-state index in [9.17, 15) is 9.18 Å². The van der Waals surface area contributed by atoms with Crippen molar-refractivity contribution in [2.45, 2.75) is 32.6 Å². The normalized spacial score (nSPS) is 10.4. The van der Waals surface area contributed by atoms with Gasteiger partial charge in [-0.3, -0.25) is 4.79 Å². The number of ether oxygens (including phenoxy) is 1. The van der Waals surface area contributed by atoms with Gasteiger partial charge in [-0.15, -0.1) is 0 Å². The lowest BCUT2D eigenvalue weighted by Gasteiger charge is -2.07. The molecule has 0 saturated heterocycles. The summed E-state index contributed by atoms with van der Waals surface area (Å²) in [7, 11) is 0. The molecule has 0 radical (unpaired) electrons. The largest absolute Gasteiger partial charge is 0.494 e. The SMILES string of the molecule is Cc1cccc(CCC(=O)NCCCCOc2ccc(F)cc2)c1. The number of rotatable bonds is 9. The summed E-state index contributed by atoms with van der Waals surface area (Å²) in [6, 6.07) is 14.2. The van der Waals surface area contributed by atoms with E-state index in [1.54, 1.807) is 12.1 Å². The van der Waals surface area contributed by atoms with Crippen LogP contribution in [0.2, 0.25) is 0 Å². The van der Waals surface area contributed by atoms with Crippen LogP contribution in [0.3, 0.4) is 0 Å². The number of nitrogens with one attached hydrogen (secondary N) is 1. The van der Waals surface area contributed by atoms with Gasteiger partial charge in [0, 0.05) is 13.0 Å². The molecular weight excluding hydrogens is 305 g/mol. The molecule has 1 amide bonds. The maximum atomic E-state index is 12.7. The first kappa shape index (κ1) is 18.0. The number of hydrogen-bond acceptors (Lipinski definition) is 2. The summed E-state index contributed by atoms with van der Waals surface area (Å²) in [5, 5.41) is 2.93. The second-order valence-electron chi connectivity index (χ2n) is 5.85. The molecule has 0 aliphatic carbocycles. The highest BCUT2D eigenvalue weighted by atomic mass is 19.1. The molecule has 2 aromatic carbocycles. The first-order valence-electron chi connectivity index (χ1n) is 8.34. The zero-order valence-electron chi connectivity index (χ0n) is 14.1. The van der Waals surface area contributed by atoms with Crippen molar-refractivity contribution in [3.05, 3.63) is 65.5 Å². The molecule has 0 spiro atoms. The van der Waals surface area contributed by atoms with Crippen LogP contribution in [0.25, 0.3) is 0 Å². The first-order valence-corrected chi connectivity index (χ1v) is 8.34. The minimum Gasteiger partial charge on any atom is -0.494 e. The molecule has 0 aliphatic rings. The highest BCUT2D eigenvalue weighted by molar-refractivity contribution is 5.76. The van der Waals surface area contributed by atoms with E-state index < -0.39 is 0 Å². The van der Waals surface area contributed by atoms with Crippen molar-refractivity contribution in [2.75, 3.05) is 13.2 Å². The Morgan fingerprint density at radius 3 is 2.67 bits per heavy atom. The lowest BCUT2D eigenvalue weighted by molar-refractivity contribution is -0.121. The smallest absolute Gasteiger partial charge is 0.220 e.